The Kier molecular flexibility index (Phi) is 2.81. The van der Waals surface area contributed by atoms with Crippen LogP contribution < -0.4 is 0 Å². The Labute approximate surface area is 70.5 Å². The quantitative estimate of drug-likeness (QED) is 0.567. The van der Waals surface area contributed by atoms with E-state index in [9.17, 15) is 14.7 Å². The van der Waals surface area contributed by atoms with Gasteiger partial charge in [-0.05, 0) is 12.8 Å². The second-order valence-electron chi connectivity index (χ2n) is 2.95. The van der Waals surface area contributed by atoms with Crippen LogP contribution in [0.1, 0.15) is 26.2 Å². The molecule has 1 saturated carbocycles. The zero-order valence-corrected chi connectivity index (χ0v) is 6.95. The van der Waals surface area contributed by atoms with Gasteiger partial charge < -0.3 is 9.84 Å². The molecule has 0 aliphatic heterocycles. The number of esters is 1. The predicted octanol–water partition coefficient (Wildman–Crippen LogP) is 0.0320. The molecule has 0 unspecified atom stereocenters. The Morgan fingerprint density at radius 3 is 2.92 bits per heavy atom. The summed E-state index contributed by atoms with van der Waals surface area (Å²) < 4.78 is 4.76. The Morgan fingerprint density at radius 1 is 1.67 bits per heavy atom. The lowest BCUT2D eigenvalue weighted by Gasteiger charge is -2.25. The molecule has 0 radical (unpaired) electrons. The summed E-state index contributed by atoms with van der Waals surface area (Å²) in [7, 11) is 0. The minimum absolute atomic E-state index is 0.229. The fraction of sp³-hybridized carbons (Fsp3) is 0.750. The van der Waals surface area contributed by atoms with Crippen molar-refractivity contribution in [3.8, 4) is 0 Å². The van der Waals surface area contributed by atoms with Gasteiger partial charge in [0.15, 0.2) is 5.78 Å². The SMILES string of the molecule is CC(=O)O[C@@H]1CCCC(=O)[C@@H]1O. The molecule has 1 rings (SSSR count). The van der Waals surface area contributed by atoms with Gasteiger partial charge in [0.05, 0.1) is 0 Å². The summed E-state index contributed by atoms with van der Waals surface area (Å²) in [6.45, 7) is 1.27. The first kappa shape index (κ1) is 9.19. The summed E-state index contributed by atoms with van der Waals surface area (Å²) in [6, 6.07) is 0. The minimum Gasteiger partial charge on any atom is -0.459 e. The van der Waals surface area contributed by atoms with E-state index in [1.807, 2.05) is 0 Å². The number of aliphatic hydroxyl groups is 1. The van der Waals surface area contributed by atoms with E-state index in [0.717, 1.165) is 0 Å². The first-order valence-electron chi connectivity index (χ1n) is 3.99. The molecular formula is C8H12O4. The highest BCUT2D eigenvalue weighted by Crippen LogP contribution is 2.18. The number of aliphatic hydroxyl groups excluding tert-OH is 1. The van der Waals surface area contributed by atoms with E-state index in [4.69, 9.17) is 4.74 Å². The van der Waals surface area contributed by atoms with Gasteiger partial charge in [0.1, 0.15) is 12.2 Å². The first-order valence-corrected chi connectivity index (χ1v) is 3.99. The number of hydrogen-bond acceptors (Lipinski definition) is 4. The second-order valence-corrected chi connectivity index (χ2v) is 2.95. The number of carbonyl (C=O) groups excluding carboxylic acids is 2. The molecular weight excluding hydrogens is 160 g/mol. The van der Waals surface area contributed by atoms with Gasteiger partial charge in [-0.15, -0.1) is 0 Å². The van der Waals surface area contributed by atoms with Gasteiger partial charge in [0.25, 0.3) is 0 Å². The van der Waals surface area contributed by atoms with Crippen LogP contribution in [0.5, 0.6) is 0 Å². The van der Waals surface area contributed by atoms with Crippen LogP contribution in [-0.2, 0) is 14.3 Å². The molecule has 2 atom stereocenters. The molecule has 0 saturated heterocycles. The number of Topliss-reactive ketones (excluding diaryl/α,β-unsaturated/α-hetero) is 1. The fourth-order valence-electron chi connectivity index (χ4n) is 1.33. The molecule has 4 heteroatoms. The lowest BCUT2D eigenvalue weighted by Crippen LogP contribution is -2.40. The van der Waals surface area contributed by atoms with Gasteiger partial charge in [0.2, 0.25) is 0 Å². The Morgan fingerprint density at radius 2 is 2.33 bits per heavy atom. The van der Waals surface area contributed by atoms with Crippen molar-refractivity contribution in [2.45, 2.75) is 38.4 Å². The van der Waals surface area contributed by atoms with Crippen LogP contribution in [-0.4, -0.2) is 29.1 Å². The van der Waals surface area contributed by atoms with E-state index in [2.05, 4.69) is 0 Å². The van der Waals surface area contributed by atoms with Crippen molar-refractivity contribution in [1.82, 2.24) is 0 Å². The average molecular weight is 172 g/mol. The monoisotopic (exact) mass is 172 g/mol. The van der Waals surface area contributed by atoms with Gasteiger partial charge >= 0.3 is 5.97 Å². The normalized spacial score (nSPS) is 30.0. The van der Waals surface area contributed by atoms with Crippen molar-refractivity contribution >= 4 is 11.8 Å². The fourth-order valence-corrected chi connectivity index (χ4v) is 1.33. The number of carbonyl (C=O) groups is 2. The maximum Gasteiger partial charge on any atom is 0.303 e. The van der Waals surface area contributed by atoms with E-state index in [0.29, 0.717) is 19.3 Å². The molecule has 12 heavy (non-hydrogen) atoms. The van der Waals surface area contributed by atoms with Crippen LogP contribution in [0.3, 0.4) is 0 Å². The van der Waals surface area contributed by atoms with Crippen LogP contribution in [0, 0.1) is 0 Å². The number of ether oxygens (including phenoxy) is 1. The standard InChI is InChI=1S/C8H12O4/c1-5(9)12-7-4-2-3-6(10)8(7)11/h7-8,11H,2-4H2,1H3/t7-,8+/m1/s1. The average Bonchev–Trinajstić information content (AvgIpc) is 1.98. The maximum atomic E-state index is 10.9. The van der Waals surface area contributed by atoms with Gasteiger partial charge in [-0.2, -0.15) is 0 Å². The van der Waals surface area contributed by atoms with Crippen LogP contribution in [0.4, 0.5) is 0 Å². The summed E-state index contributed by atoms with van der Waals surface area (Å²) >= 11 is 0. The van der Waals surface area contributed by atoms with Crippen molar-refractivity contribution in [2.75, 3.05) is 0 Å². The van der Waals surface area contributed by atoms with Crippen LogP contribution >= 0.6 is 0 Å². The van der Waals surface area contributed by atoms with Crippen LogP contribution in [0.25, 0.3) is 0 Å². The van der Waals surface area contributed by atoms with Gasteiger partial charge in [0, 0.05) is 13.3 Å². The molecule has 0 bridgehead atoms. The molecule has 1 N–H and O–H groups in total. The van der Waals surface area contributed by atoms with E-state index in [1.54, 1.807) is 0 Å². The molecule has 0 aromatic heterocycles. The highest BCUT2D eigenvalue weighted by Gasteiger charge is 2.31. The Balaban J connectivity index is 2.52. The molecule has 1 aliphatic carbocycles. The molecule has 0 aromatic carbocycles. The molecule has 1 fully saturated rings. The third-order valence-electron chi connectivity index (χ3n) is 1.91. The zero-order chi connectivity index (χ0) is 9.14. The molecule has 1 aliphatic rings. The summed E-state index contributed by atoms with van der Waals surface area (Å²) in [6.07, 6.45) is -0.0781. The van der Waals surface area contributed by atoms with E-state index < -0.39 is 18.2 Å². The summed E-state index contributed by atoms with van der Waals surface area (Å²) in [4.78, 5) is 21.5. The maximum absolute atomic E-state index is 10.9. The van der Waals surface area contributed by atoms with Crippen LogP contribution in [0.2, 0.25) is 0 Å². The molecule has 0 aromatic rings. The molecule has 68 valence electrons. The lowest BCUT2D eigenvalue weighted by molar-refractivity contribution is -0.158. The smallest absolute Gasteiger partial charge is 0.303 e. The van der Waals surface area contributed by atoms with Crippen LogP contribution in [0.15, 0.2) is 0 Å². The number of ketones is 1. The van der Waals surface area contributed by atoms with E-state index >= 15 is 0 Å². The second kappa shape index (κ2) is 3.67. The third kappa shape index (κ3) is 2.04. The summed E-state index contributed by atoms with van der Waals surface area (Å²) in [5.74, 6) is -0.679. The van der Waals surface area contributed by atoms with Crippen molar-refractivity contribution in [1.29, 1.82) is 0 Å². The van der Waals surface area contributed by atoms with Gasteiger partial charge in [-0.1, -0.05) is 0 Å². The third-order valence-corrected chi connectivity index (χ3v) is 1.91. The Hall–Kier alpha value is -0.900. The Bertz CT molecular complexity index is 199. The molecule has 0 heterocycles. The molecule has 0 amide bonds. The van der Waals surface area contributed by atoms with Gasteiger partial charge in [-0.3, -0.25) is 9.59 Å². The largest absolute Gasteiger partial charge is 0.459 e. The topological polar surface area (TPSA) is 63.6 Å². The van der Waals surface area contributed by atoms with E-state index in [1.165, 1.54) is 6.92 Å². The highest BCUT2D eigenvalue weighted by atomic mass is 16.6. The van der Waals surface area contributed by atoms with Gasteiger partial charge in [-0.25, -0.2) is 0 Å². The summed E-state index contributed by atoms with van der Waals surface area (Å²) in [5, 5.41) is 9.26. The lowest BCUT2D eigenvalue weighted by atomic mass is 9.93. The minimum atomic E-state index is -1.11. The van der Waals surface area contributed by atoms with Crippen molar-refractivity contribution in [3.63, 3.8) is 0 Å². The predicted molar refractivity (Wildman–Crippen MR) is 40.4 cm³/mol. The molecule has 4 nitrogen and oxygen atoms in total. The zero-order valence-electron chi connectivity index (χ0n) is 6.95. The summed E-state index contributed by atoms with van der Waals surface area (Å²) in [5.41, 5.74) is 0. The number of rotatable bonds is 1. The van der Waals surface area contributed by atoms with Crippen molar-refractivity contribution < 1.29 is 19.4 Å². The first-order chi connectivity index (χ1) is 5.61. The van der Waals surface area contributed by atoms with Crippen molar-refractivity contribution in [2.24, 2.45) is 0 Å². The number of hydrogen-bond donors (Lipinski definition) is 1. The highest BCUT2D eigenvalue weighted by molar-refractivity contribution is 5.84. The van der Waals surface area contributed by atoms with E-state index in [-0.39, 0.29) is 5.78 Å². The van der Waals surface area contributed by atoms with Crippen molar-refractivity contribution in [3.05, 3.63) is 0 Å². The molecule has 0 spiro atoms.